The molecule has 0 atom stereocenters. The molecule has 4 rings (SSSR count). The summed E-state index contributed by atoms with van der Waals surface area (Å²) >= 11 is 5.87. The van der Waals surface area contributed by atoms with Gasteiger partial charge < -0.3 is 10.1 Å². The number of carbonyl (C=O) groups is 4. The molecule has 3 aromatic rings. The van der Waals surface area contributed by atoms with Gasteiger partial charge in [0.25, 0.3) is 17.7 Å². The summed E-state index contributed by atoms with van der Waals surface area (Å²) in [5, 5.41) is 3.07. The number of fused-ring (bicyclic) bond motifs is 1. The molecule has 1 aliphatic rings. The van der Waals surface area contributed by atoms with Crippen LogP contribution in [0.3, 0.4) is 0 Å². The van der Waals surface area contributed by atoms with Crippen molar-refractivity contribution in [2.24, 2.45) is 0 Å². The average Bonchev–Trinajstić information content (AvgIpc) is 3.09. The number of nitrogens with one attached hydrogen (secondary N) is 1. The number of rotatable bonds is 7. The van der Waals surface area contributed by atoms with Crippen LogP contribution in [0.5, 0.6) is 0 Å². The van der Waals surface area contributed by atoms with Gasteiger partial charge in [-0.2, -0.15) is 0 Å². The minimum Gasteiger partial charge on any atom is -0.452 e. The van der Waals surface area contributed by atoms with Gasteiger partial charge in [0.05, 0.1) is 22.4 Å². The molecule has 3 amide bonds. The van der Waals surface area contributed by atoms with Gasteiger partial charge in [-0.05, 0) is 66.6 Å². The first-order chi connectivity index (χ1) is 16.3. The topological polar surface area (TPSA) is 92.8 Å². The summed E-state index contributed by atoms with van der Waals surface area (Å²) in [4.78, 5) is 50.9. The van der Waals surface area contributed by atoms with Crippen LogP contribution in [0.2, 0.25) is 5.02 Å². The van der Waals surface area contributed by atoms with E-state index in [9.17, 15) is 23.6 Å². The molecule has 1 aliphatic heterocycles. The first-order valence-electron chi connectivity index (χ1n) is 10.3. The van der Waals surface area contributed by atoms with Gasteiger partial charge in [0.15, 0.2) is 6.61 Å². The van der Waals surface area contributed by atoms with Crippen molar-refractivity contribution in [3.05, 3.63) is 99.8 Å². The molecule has 0 radical (unpaired) electrons. The lowest BCUT2D eigenvalue weighted by Gasteiger charge is -2.13. The van der Waals surface area contributed by atoms with Crippen LogP contribution in [-0.2, 0) is 16.0 Å². The van der Waals surface area contributed by atoms with E-state index in [4.69, 9.17) is 16.3 Å². The Kier molecular flexibility index (Phi) is 6.70. The normalized spacial score (nSPS) is 12.5. The zero-order chi connectivity index (χ0) is 24.2. The number of carbonyl (C=O) groups excluding carboxylic acids is 4. The fraction of sp³-hybridized carbons (Fsp3) is 0.120. The quantitative estimate of drug-likeness (QED) is 0.410. The Morgan fingerprint density at radius 3 is 2.29 bits per heavy atom. The van der Waals surface area contributed by atoms with E-state index >= 15 is 0 Å². The molecule has 0 saturated heterocycles. The fourth-order valence-electron chi connectivity index (χ4n) is 3.46. The van der Waals surface area contributed by atoms with Crippen LogP contribution >= 0.6 is 11.6 Å². The highest BCUT2D eigenvalue weighted by Gasteiger charge is 2.37. The number of anilines is 1. The van der Waals surface area contributed by atoms with E-state index in [2.05, 4.69) is 5.32 Å². The number of esters is 1. The molecule has 1 heterocycles. The second kappa shape index (κ2) is 9.84. The van der Waals surface area contributed by atoms with Crippen LogP contribution in [0.25, 0.3) is 0 Å². The van der Waals surface area contributed by atoms with Crippen molar-refractivity contribution in [1.29, 1.82) is 0 Å². The molecule has 0 fully saturated rings. The van der Waals surface area contributed by atoms with Gasteiger partial charge in [-0.15, -0.1) is 0 Å². The Bertz CT molecular complexity index is 1280. The number of benzene rings is 3. The van der Waals surface area contributed by atoms with Crippen molar-refractivity contribution in [1.82, 2.24) is 5.32 Å². The van der Waals surface area contributed by atoms with Crippen LogP contribution < -0.4 is 10.2 Å². The maximum absolute atomic E-state index is 12.9. The molecule has 0 aliphatic carbocycles. The highest BCUT2D eigenvalue weighted by molar-refractivity contribution is 6.35. The summed E-state index contributed by atoms with van der Waals surface area (Å²) in [5.41, 5.74) is 1.48. The van der Waals surface area contributed by atoms with Crippen LogP contribution in [0, 0.1) is 5.82 Å². The van der Waals surface area contributed by atoms with Gasteiger partial charge in [-0.3, -0.25) is 14.4 Å². The van der Waals surface area contributed by atoms with Gasteiger partial charge in [0.2, 0.25) is 0 Å². The van der Waals surface area contributed by atoms with Crippen LogP contribution in [0.15, 0.2) is 66.7 Å². The highest BCUT2D eigenvalue weighted by Crippen LogP contribution is 2.30. The molecular weight excluding hydrogens is 463 g/mol. The zero-order valence-corrected chi connectivity index (χ0v) is 18.5. The lowest BCUT2D eigenvalue weighted by Crippen LogP contribution is -2.30. The number of amides is 3. The van der Waals surface area contributed by atoms with Gasteiger partial charge in [-0.1, -0.05) is 23.7 Å². The van der Waals surface area contributed by atoms with E-state index in [1.54, 1.807) is 36.4 Å². The summed E-state index contributed by atoms with van der Waals surface area (Å²) in [6, 6.07) is 16.2. The van der Waals surface area contributed by atoms with Crippen molar-refractivity contribution in [3.63, 3.8) is 0 Å². The minimum absolute atomic E-state index is 0.0389. The monoisotopic (exact) mass is 480 g/mol. The summed E-state index contributed by atoms with van der Waals surface area (Å²) in [7, 11) is 0. The molecule has 34 heavy (non-hydrogen) atoms. The van der Waals surface area contributed by atoms with E-state index in [0.717, 1.165) is 10.5 Å². The first kappa shape index (κ1) is 23.1. The Balaban J connectivity index is 1.34. The molecular formula is C25H18ClFN2O5. The van der Waals surface area contributed by atoms with Crippen molar-refractivity contribution >= 4 is 41.0 Å². The number of hydrogen-bond donors (Lipinski definition) is 1. The predicted octanol–water partition coefficient (Wildman–Crippen LogP) is 3.80. The zero-order valence-electron chi connectivity index (χ0n) is 17.7. The summed E-state index contributed by atoms with van der Waals surface area (Å²) in [5.74, 6) is -2.73. The first-order valence-corrected chi connectivity index (χ1v) is 10.7. The second-order valence-corrected chi connectivity index (χ2v) is 7.92. The molecule has 0 spiro atoms. The van der Waals surface area contributed by atoms with Gasteiger partial charge in [0, 0.05) is 11.6 Å². The Morgan fingerprint density at radius 2 is 1.59 bits per heavy atom. The number of hydrogen-bond acceptors (Lipinski definition) is 5. The number of ether oxygens (including phenoxy) is 1. The van der Waals surface area contributed by atoms with Crippen molar-refractivity contribution in [2.45, 2.75) is 6.42 Å². The summed E-state index contributed by atoms with van der Waals surface area (Å²) in [6.07, 6.45) is 0.491. The third-order valence-electron chi connectivity index (χ3n) is 5.19. The largest absolute Gasteiger partial charge is 0.452 e. The Labute approximate surface area is 199 Å². The average molecular weight is 481 g/mol. The van der Waals surface area contributed by atoms with E-state index in [-0.39, 0.29) is 29.1 Å². The van der Waals surface area contributed by atoms with Crippen LogP contribution in [0.4, 0.5) is 10.1 Å². The van der Waals surface area contributed by atoms with Crippen molar-refractivity contribution in [3.8, 4) is 0 Å². The fourth-order valence-corrected chi connectivity index (χ4v) is 3.58. The van der Waals surface area contributed by atoms with Gasteiger partial charge in [0.1, 0.15) is 5.82 Å². The van der Waals surface area contributed by atoms with E-state index in [1.807, 2.05) is 0 Å². The van der Waals surface area contributed by atoms with Gasteiger partial charge in [-0.25, -0.2) is 14.1 Å². The van der Waals surface area contributed by atoms with E-state index in [0.29, 0.717) is 17.1 Å². The minimum atomic E-state index is -0.804. The second-order valence-electron chi connectivity index (χ2n) is 7.49. The molecule has 7 nitrogen and oxygen atoms in total. The SMILES string of the molecule is O=C(COC(=O)c1ccc2c(c1)C(=O)N(c1ccc(Cl)cc1)C2=O)NCCc1ccc(F)cc1. The molecule has 172 valence electrons. The lowest BCUT2D eigenvalue weighted by molar-refractivity contribution is -0.124. The molecule has 0 saturated carbocycles. The number of halogens is 2. The van der Waals surface area contributed by atoms with E-state index < -0.39 is 30.3 Å². The molecule has 1 N–H and O–H groups in total. The molecule has 0 unspecified atom stereocenters. The Morgan fingerprint density at radius 1 is 0.912 bits per heavy atom. The number of nitrogens with zero attached hydrogens (tertiary/aromatic N) is 1. The number of imide groups is 1. The standard InChI is InChI=1S/C25H18ClFN2O5/c26-17-4-8-19(9-5-17)29-23(31)20-10-3-16(13-21(20)24(29)32)25(33)34-14-22(30)28-12-11-15-1-6-18(27)7-2-15/h1-10,13H,11-12,14H2,(H,28,30). The van der Waals surface area contributed by atoms with Crippen molar-refractivity contribution in [2.75, 3.05) is 18.1 Å². The third-order valence-corrected chi connectivity index (χ3v) is 5.44. The third kappa shape index (κ3) is 4.97. The van der Waals surface area contributed by atoms with Crippen LogP contribution in [0.1, 0.15) is 36.6 Å². The smallest absolute Gasteiger partial charge is 0.338 e. The van der Waals surface area contributed by atoms with Crippen LogP contribution in [-0.4, -0.2) is 36.8 Å². The van der Waals surface area contributed by atoms with Gasteiger partial charge >= 0.3 is 5.97 Å². The highest BCUT2D eigenvalue weighted by atomic mass is 35.5. The van der Waals surface area contributed by atoms with Crippen molar-refractivity contribution < 1.29 is 28.3 Å². The van der Waals surface area contributed by atoms with E-state index in [1.165, 1.54) is 30.3 Å². The molecule has 0 aromatic heterocycles. The molecule has 0 bridgehead atoms. The maximum Gasteiger partial charge on any atom is 0.338 e. The lowest BCUT2D eigenvalue weighted by atomic mass is 10.1. The predicted molar refractivity (Wildman–Crippen MR) is 122 cm³/mol. The summed E-state index contributed by atoms with van der Waals surface area (Å²) < 4.78 is 17.9. The maximum atomic E-state index is 12.9. The molecule has 3 aromatic carbocycles. The molecule has 9 heteroatoms. The summed E-state index contributed by atoms with van der Waals surface area (Å²) in [6.45, 7) is -0.221. The Hall–Kier alpha value is -4.04.